The highest BCUT2D eigenvalue weighted by Crippen LogP contribution is 2.44. The van der Waals surface area contributed by atoms with Crippen molar-refractivity contribution < 1.29 is 12.8 Å². The number of hydrogen-bond acceptors (Lipinski definition) is 4. The molecule has 4 rings (SSSR count). The zero-order valence-corrected chi connectivity index (χ0v) is 21.3. The van der Waals surface area contributed by atoms with Crippen LogP contribution in [-0.2, 0) is 22.8 Å². The molecular formula is C23H32IN3O3S. The van der Waals surface area contributed by atoms with Crippen LogP contribution in [0.1, 0.15) is 42.6 Å². The Balaban J connectivity index is 0.00000272. The maximum absolute atomic E-state index is 11.8. The molecule has 1 aromatic heterocycles. The largest absolute Gasteiger partial charge is 0.469 e. The Hall–Kier alpha value is -1.55. The highest BCUT2D eigenvalue weighted by molar-refractivity contribution is 14.0. The Bertz CT molecular complexity index is 1010. The van der Waals surface area contributed by atoms with E-state index in [0.717, 1.165) is 47.6 Å². The number of aliphatic imine (C=N–C) groups is 1. The summed E-state index contributed by atoms with van der Waals surface area (Å²) in [6.07, 6.45) is 8.98. The highest BCUT2D eigenvalue weighted by Gasteiger charge is 2.39. The number of guanidine groups is 1. The van der Waals surface area contributed by atoms with Crippen LogP contribution in [0, 0.1) is 18.8 Å². The first-order chi connectivity index (χ1) is 14.4. The van der Waals surface area contributed by atoms with E-state index in [1.165, 1.54) is 31.9 Å². The first-order valence-electron chi connectivity index (χ1n) is 10.8. The molecule has 1 aromatic carbocycles. The molecule has 2 saturated carbocycles. The van der Waals surface area contributed by atoms with Gasteiger partial charge in [0.15, 0.2) is 15.8 Å². The van der Waals surface area contributed by atoms with Crippen molar-refractivity contribution in [3.8, 4) is 0 Å². The molecule has 8 heteroatoms. The van der Waals surface area contributed by atoms with Gasteiger partial charge in [-0.1, -0.05) is 18.6 Å². The van der Waals surface area contributed by atoms with Gasteiger partial charge in [0.05, 0.1) is 17.7 Å². The Morgan fingerprint density at radius 1 is 1.23 bits per heavy atom. The second-order valence-electron chi connectivity index (χ2n) is 8.72. The fourth-order valence-electron chi connectivity index (χ4n) is 4.90. The van der Waals surface area contributed by atoms with Gasteiger partial charge in [0.1, 0.15) is 5.76 Å². The molecule has 2 aliphatic carbocycles. The van der Waals surface area contributed by atoms with E-state index in [2.05, 4.69) is 10.6 Å². The lowest BCUT2D eigenvalue weighted by Gasteiger charge is -2.25. The number of rotatable bonds is 7. The summed E-state index contributed by atoms with van der Waals surface area (Å²) in [4.78, 5) is 5.19. The van der Waals surface area contributed by atoms with Gasteiger partial charge in [-0.25, -0.2) is 13.4 Å². The van der Waals surface area contributed by atoms with E-state index >= 15 is 0 Å². The molecule has 0 aliphatic heterocycles. The summed E-state index contributed by atoms with van der Waals surface area (Å²) >= 11 is 0. The number of furan rings is 1. The average Bonchev–Trinajstić information content (AvgIpc) is 3.43. The van der Waals surface area contributed by atoms with Crippen LogP contribution in [0.3, 0.4) is 0 Å². The van der Waals surface area contributed by atoms with Crippen molar-refractivity contribution in [2.24, 2.45) is 16.8 Å². The van der Waals surface area contributed by atoms with Gasteiger partial charge in [-0.3, -0.25) is 0 Å². The van der Waals surface area contributed by atoms with Crippen LogP contribution in [0.4, 0.5) is 0 Å². The first kappa shape index (κ1) is 24.1. The zero-order valence-electron chi connectivity index (χ0n) is 18.1. The van der Waals surface area contributed by atoms with E-state index < -0.39 is 9.84 Å². The van der Waals surface area contributed by atoms with E-state index in [-0.39, 0.29) is 24.0 Å². The lowest BCUT2D eigenvalue weighted by atomic mass is 9.95. The molecule has 0 saturated heterocycles. The maximum Gasteiger partial charge on any atom is 0.191 e. The van der Waals surface area contributed by atoms with Crippen molar-refractivity contribution in [1.82, 2.24) is 10.6 Å². The van der Waals surface area contributed by atoms with Gasteiger partial charge in [0.2, 0.25) is 0 Å². The molecule has 1 heterocycles. The van der Waals surface area contributed by atoms with E-state index in [4.69, 9.17) is 9.41 Å². The third kappa shape index (κ3) is 6.25. The number of benzene rings is 1. The molecule has 2 bridgehead atoms. The monoisotopic (exact) mass is 557 g/mol. The molecule has 3 unspecified atom stereocenters. The number of fused-ring (bicyclic) bond motifs is 2. The smallest absolute Gasteiger partial charge is 0.191 e. The minimum atomic E-state index is -3.21. The fourth-order valence-corrected chi connectivity index (χ4v) is 5.86. The lowest BCUT2D eigenvalue weighted by Crippen LogP contribution is -2.46. The third-order valence-corrected chi connectivity index (χ3v) is 7.62. The van der Waals surface area contributed by atoms with Gasteiger partial charge in [-0.15, -0.1) is 24.0 Å². The predicted molar refractivity (Wildman–Crippen MR) is 134 cm³/mol. The summed E-state index contributed by atoms with van der Waals surface area (Å²) in [7, 11) is -3.21. The molecule has 2 fully saturated rings. The summed E-state index contributed by atoms with van der Waals surface area (Å²) in [5, 5.41) is 7.11. The average molecular weight is 557 g/mol. The number of nitrogens with one attached hydrogen (secondary N) is 2. The summed E-state index contributed by atoms with van der Waals surface area (Å²) in [6.45, 7) is 3.08. The summed E-state index contributed by atoms with van der Waals surface area (Å²) in [6, 6.07) is 9.83. The van der Waals surface area contributed by atoms with Crippen molar-refractivity contribution in [2.45, 2.75) is 56.5 Å². The van der Waals surface area contributed by atoms with Gasteiger partial charge in [-0.05, 0) is 67.3 Å². The summed E-state index contributed by atoms with van der Waals surface area (Å²) in [5.74, 6) is 3.39. The predicted octanol–water partition coefficient (Wildman–Crippen LogP) is 4.08. The van der Waals surface area contributed by atoms with E-state index in [1.54, 1.807) is 12.3 Å². The molecule has 31 heavy (non-hydrogen) atoms. The van der Waals surface area contributed by atoms with E-state index in [9.17, 15) is 8.42 Å². The quantitative estimate of drug-likeness (QED) is 0.305. The number of aryl methyl sites for hydroxylation is 1. The third-order valence-electron chi connectivity index (χ3n) is 6.36. The summed E-state index contributed by atoms with van der Waals surface area (Å²) in [5.41, 5.74) is 1.76. The van der Waals surface area contributed by atoms with E-state index in [0.29, 0.717) is 17.5 Å². The second kappa shape index (κ2) is 10.4. The number of hydrogen-bond donors (Lipinski definition) is 2. The molecule has 6 nitrogen and oxygen atoms in total. The van der Waals surface area contributed by atoms with Crippen molar-refractivity contribution >= 4 is 39.8 Å². The zero-order chi connectivity index (χ0) is 21.1. The highest BCUT2D eigenvalue weighted by atomic mass is 127. The Morgan fingerprint density at radius 2 is 2.06 bits per heavy atom. The Labute approximate surface area is 202 Å². The van der Waals surface area contributed by atoms with Gasteiger partial charge < -0.3 is 15.1 Å². The SMILES string of the molecule is Cc1cc(CN=C(NCCc2ccco2)NC2CC3CCC2C3)ccc1S(C)(=O)=O.I. The molecule has 3 atom stereocenters. The molecular weight excluding hydrogens is 525 g/mol. The molecule has 2 aliphatic rings. The summed E-state index contributed by atoms with van der Waals surface area (Å²) < 4.78 is 29.1. The van der Waals surface area contributed by atoms with Crippen LogP contribution in [0.5, 0.6) is 0 Å². The molecule has 0 amide bonds. The fraction of sp³-hybridized carbons (Fsp3) is 0.522. The van der Waals surface area contributed by atoms with Crippen molar-refractivity contribution in [1.29, 1.82) is 0 Å². The number of halogens is 1. The minimum absolute atomic E-state index is 0. The molecule has 2 aromatic rings. The van der Waals surface area contributed by atoms with Crippen molar-refractivity contribution in [3.63, 3.8) is 0 Å². The lowest BCUT2D eigenvalue weighted by molar-refractivity contribution is 0.387. The van der Waals surface area contributed by atoms with Gasteiger partial charge in [-0.2, -0.15) is 0 Å². The van der Waals surface area contributed by atoms with Crippen molar-refractivity contribution in [2.75, 3.05) is 12.8 Å². The Kier molecular flexibility index (Phi) is 8.07. The normalized spacial score (nSPS) is 22.9. The molecule has 2 N–H and O–H groups in total. The van der Waals surface area contributed by atoms with Crippen LogP contribution in [0.2, 0.25) is 0 Å². The molecule has 0 radical (unpaired) electrons. The van der Waals surface area contributed by atoms with Crippen LogP contribution in [0.25, 0.3) is 0 Å². The molecule has 170 valence electrons. The van der Waals surface area contributed by atoms with Crippen LogP contribution < -0.4 is 10.6 Å². The standard InChI is InChI=1S/C23H31N3O3S.HI/c1-16-12-18(6-8-22(16)30(2,27)28)15-25-23(24-10-9-20-4-3-11-29-20)26-21-14-17-5-7-19(21)13-17;/h3-4,6,8,11-12,17,19,21H,5,7,9-10,13-15H2,1-2H3,(H2,24,25,26);1H. The van der Waals surface area contributed by atoms with Crippen LogP contribution in [0.15, 0.2) is 50.9 Å². The van der Waals surface area contributed by atoms with Crippen LogP contribution >= 0.6 is 24.0 Å². The maximum atomic E-state index is 11.8. The minimum Gasteiger partial charge on any atom is -0.469 e. The van der Waals surface area contributed by atoms with E-state index in [1.807, 2.05) is 31.2 Å². The second-order valence-corrected chi connectivity index (χ2v) is 10.7. The first-order valence-corrected chi connectivity index (χ1v) is 12.6. The number of sulfone groups is 1. The topological polar surface area (TPSA) is 83.7 Å². The van der Waals surface area contributed by atoms with Crippen LogP contribution in [-0.4, -0.2) is 33.2 Å². The van der Waals surface area contributed by atoms with Gasteiger partial charge >= 0.3 is 0 Å². The number of nitrogens with zero attached hydrogens (tertiary/aromatic N) is 1. The van der Waals surface area contributed by atoms with Crippen molar-refractivity contribution in [3.05, 3.63) is 53.5 Å². The molecule has 0 spiro atoms. The Morgan fingerprint density at radius 3 is 2.68 bits per heavy atom. The van der Waals surface area contributed by atoms with Gasteiger partial charge in [0.25, 0.3) is 0 Å². The van der Waals surface area contributed by atoms with Gasteiger partial charge in [0, 0.05) is 25.3 Å².